The smallest absolute Gasteiger partial charge is 0.296 e. The minimum Gasteiger partial charge on any atom is -0.507 e. The van der Waals surface area contributed by atoms with Gasteiger partial charge in [0.25, 0.3) is 17.6 Å². The molecule has 0 bridgehead atoms. The summed E-state index contributed by atoms with van der Waals surface area (Å²) in [6, 6.07) is 12.4. The Balaban J connectivity index is 1.77. The lowest BCUT2D eigenvalue weighted by molar-refractivity contribution is -0.143. The van der Waals surface area contributed by atoms with Crippen molar-refractivity contribution in [2.24, 2.45) is 0 Å². The Bertz CT molecular complexity index is 1280. The lowest BCUT2D eigenvalue weighted by atomic mass is 9.81. The summed E-state index contributed by atoms with van der Waals surface area (Å²) in [6.07, 6.45) is 0.684. The van der Waals surface area contributed by atoms with Gasteiger partial charge in [0, 0.05) is 37.2 Å². The fourth-order valence-electron chi connectivity index (χ4n) is 5.49. The Labute approximate surface area is 204 Å². The fraction of sp³-hybridized carbons (Fsp3) is 0.370. The summed E-state index contributed by atoms with van der Waals surface area (Å²) in [5.41, 5.74) is 0.561. The predicted octanol–water partition coefficient (Wildman–Crippen LogP) is 2.51. The van der Waals surface area contributed by atoms with E-state index in [2.05, 4.69) is 0 Å². The molecule has 2 atom stereocenters. The van der Waals surface area contributed by atoms with Crippen molar-refractivity contribution < 1.29 is 24.2 Å². The summed E-state index contributed by atoms with van der Waals surface area (Å²) in [7, 11) is 3.72. The number of hydrogen-bond acceptors (Lipinski definition) is 6. The van der Waals surface area contributed by atoms with Crippen LogP contribution in [0.2, 0.25) is 0 Å². The predicted molar refractivity (Wildman–Crippen MR) is 131 cm³/mol. The van der Waals surface area contributed by atoms with E-state index in [0.29, 0.717) is 36.3 Å². The van der Waals surface area contributed by atoms with E-state index in [0.717, 1.165) is 11.3 Å². The maximum absolute atomic E-state index is 14.1. The Morgan fingerprint density at radius 1 is 1.17 bits per heavy atom. The molecule has 3 aliphatic heterocycles. The van der Waals surface area contributed by atoms with Crippen LogP contribution in [-0.4, -0.2) is 72.3 Å². The molecule has 0 unspecified atom stereocenters. The SMILES string of the molecule is CCN1C(=O)[C@]2(C(=C(O)c3ccc4c(c3)C[C@@H](C)O4)C(=O)C(=O)N2CCN(C)C)c2ccccc21. The lowest BCUT2D eigenvalue weighted by Crippen LogP contribution is -2.53. The summed E-state index contributed by atoms with van der Waals surface area (Å²) >= 11 is 0. The van der Waals surface area contributed by atoms with Crippen molar-refractivity contribution in [1.82, 2.24) is 9.80 Å². The summed E-state index contributed by atoms with van der Waals surface area (Å²) in [6.45, 7) is 4.78. The van der Waals surface area contributed by atoms with E-state index in [9.17, 15) is 19.5 Å². The van der Waals surface area contributed by atoms with Crippen molar-refractivity contribution in [2.75, 3.05) is 38.6 Å². The number of Topliss-reactive ketones (excluding diaryl/α,β-unsaturated/α-hetero) is 1. The van der Waals surface area contributed by atoms with Crippen LogP contribution in [0, 0.1) is 0 Å². The number of likely N-dealkylation sites (N-methyl/N-ethyl adjacent to an activating group) is 2. The van der Waals surface area contributed by atoms with Gasteiger partial charge in [0.1, 0.15) is 17.6 Å². The zero-order valence-electron chi connectivity index (χ0n) is 20.4. The number of fused-ring (bicyclic) bond motifs is 3. The maximum Gasteiger partial charge on any atom is 0.296 e. The van der Waals surface area contributed by atoms with Gasteiger partial charge in [-0.3, -0.25) is 14.4 Å². The first-order chi connectivity index (χ1) is 16.7. The number of amides is 2. The highest BCUT2D eigenvalue weighted by Gasteiger charge is 2.66. The van der Waals surface area contributed by atoms with Gasteiger partial charge in [0.15, 0.2) is 5.54 Å². The highest BCUT2D eigenvalue weighted by molar-refractivity contribution is 6.50. The number of aliphatic hydroxyl groups is 1. The zero-order chi connectivity index (χ0) is 25.1. The Morgan fingerprint density at radius 2 is 1.91 bits per heavy atom. The van der Waals surface area contributed by atoms with E-state index in [-0.39, 0.29) is 24.0 Å². The van der Waals surface area contributed by atoms with Gasteiger partial charge in [0.05, 0.1) is 11.3 Å². The number of benzene rings is 2. The molecule has 1 spiro atoms. The molecule has 8 nitrogen and oxygen atoms in total. The largest absolute Gasteiger partial charge is 0.507 e. The van der Waals surface area contributed by atoms with E-state index >= 15 is 0 Å². The number of hydrogen-bond donors (Lipinski definition) is 1. The lowest BCUT2D eigenvalue weighted by Gasteiger charge is -2.35. The summed E-state index contributed by atoms with van der Waals surface area (Å²) in [5, 5.41) is 11.6. The van der Waals surface area contributed by atoms with Crippen LogP contribution in [-0.2, 0) is 26.3 Å². The van der Waals surface area contributed by atoms with Gasteiger partial charge in [-0.05, 0) is 57.8 Å². The van der Waals surface area contributed by atoms with Crippen molar-refractivity contribution >= 4 is 29.0 Å². The van der Waals surface area contributed by atoms with E-state index < -0.39 is 23.1 Å². The molecule has 8 heteroatoms. The highest BCUT2D eigenvalue weighted by atomic mass is 16.5. The first-order valence-corrected chi connectivity index (χ1v) is 11.9. The second-order valence-corrected chi connectivity index (χ2v) is 9.54. The molecule has 0 saturated carbocycles. The van der Waals surface area contributed by atoms with Gasteiger partial charge in [-0.15, -0.1) is 0 Å². The molecule has 0 aromatic heterocycles. The molecule has 1 N–H and O–H groups in total. The first-order valence-electron chi connectivity index (χ1n) is 11.9. The Hall–Kier alpha value is -3.65. The minimum atomic E-state index is -1.72. The van der Waals surface area contributed by atoms with Crippen LogP contribution in [0.15, 0.2) is 48.0 Å². The fourth-order valence-corrected chi connectivity index (χ4v) is 5.49. The minimum absolute atomic E-state index is 0.0130. The van der Waals surface area contributed by atoms with Gasteiger partial charge in [-0.2, -0.15) is 0 Å². The van der Waals surface area contributed by atoms with Crippen LogP contribution < -0.4 is 9.64 Å². The number of carbonyl (C=O) groups is 3. The van der Waals surface area contributed by atoms with Crippen LogP contribution in [0.3, 0.4) is 0 Å². The molecular formula is C27H29N3O5. The third kappa shape index (κ3) is 3.20. The number of aliphatic hydroxyl groups excluding tert-OH is 1. The molecule has 2 aromatic carbocycles. The number of likely N-dealkylation sites (tertiary alicyclic amines) is 1. The number of ketones is 1. The molecule has 0 aliphatic carbocycles. The summed E-state index contributed by atoms with van der Waals surface area (Å²) < 4.78 is 5.77. The maximum atomic E-state index is 14.1. The first kappa shape index (κ1) is 23.1. The average molecular weight is 476 g/mol. The summed E-state index contributed by atoms with van der Waals surface area (Å²) in [5.74, 6) is -1.66. The molecule has 2 amide bonds. The van der Waals surface area contributed by atoms with Gasteiger partial charge in [-0.1, -0.05) is 18.2 Å². The molecule has 1 saturated heterocycles. The van der Waals surface area contributed by atoms with Crippen molar-refractivity contribution in [3.8, 4) is 5.75 Å². The van der Waals surface area contributed by atoms with Crippen molar-refractivity contribution in [3.63, 3.8) is 0 Å². The third-order valence-electron chi connectivity index (χ3n) is 7.07. The quantitative estimate of drug-likeness (QED) is 0.406. The highest BCUT2D eigenvalue weighted by Crippen LogP contribution is 2.53. The van der Waals surface area contributed by atoms with E-state index in [4.69, 9.17) is 4.74 Å². The number of ether oxygens (including phenoxy) is 1. The molecule has 35 heavy (non-hydrogen) atoms. The molecule has 3 aliphatic rings. The second kappa shape index (κ2) is 8.23. The molecule has 2 aromatic rings. The molecule has 3 heterocycles. The van der Waals surface area contributed by atoms with E-state index in [1.54, 1.807) is 35.2 Å². The van der Waals surface area contributed by atoms with E-state index in [1.807, 2.05) is 45.0 Å². The normalized spacial score (nSPS) is 24.5. The van der Waals surface area contributed by atoms with Crippen LogP contribution in [0.1, 0.15) is 30.5 Å². The Morgan fingerprint density at radius 3 is 2.63 bits per heavy atom. The topological polar surface area (TPSA) is 90.4 Å². The van der Waals surface area contributed by atoms with Crippen LogP contribution in [0.4, 0.5) is 5.69 Å². The molecule has 0 radical (unpaired) electrons. The Kier molecular flexibility index (Phi) is 5.44. The van der Waals surface area contributed by atoms with Crippen molar-refractivity contribution in [1.29, 1.82) is 0 Å². The molecule has 182 valence electrons. The zero-order valence-corrected chi connectivity index (χ0v) is 20.4. The molecule has 5 rings (SSSR count). The number of nitrogens with zero attached hydrogens (tertiary/aromatic N) is 3. The third-order valence-corrected chi connectivity index (χ3v) is 7.07. The monoisotopic (exact) mass is 475 g/mol. The summed E-state index contributed by atoms with van der Waals surface area (Å²) in [4.78, 5) is 45.9. The van der Waals surface area contributed by atoms with Crippen LogP contribution >= 0.6 is 0 Å². The van der Waals surface area contributed by atoms with Crippen molar-refractivity contribution in [2.45, 2.75) is 31.9 Å². The van der Waals surface area contributed by atoms with Gasteiger partial charge in [-0.25, -0.2) is 0 Å². The molecule has 1 fully saturated rings. The van der Waals surface area contributed by atoms with Gasteiger partial charge < -0.3 is 24.5 Å². The molecular weight excluding hydrogens is 446 g/mol. The van der Waals surface area contributed by atoms with Crippen LogP contribution in [0.5, 0.6) is 5.75 Å². The average Bonchev–Trinajstić information content (AvgIpc) is 3.40. The van der Waals surface area contributed by atoms with Gasteiger partial charge >= 0.3 is 0 Å². The van der Waals surface area contributed by atoms with E-state index in [1.165, 1.54) is 4.90 Å². The standard InChI is InChI=1S/C27H29N3O5/c1-5-29-20-9-7-6-8-19(20)27(26(29)34)22(24(32)25(33)30(27)13-12-28(3)4)23(31)17-10-11-21-18(15-17)14-16(2)35-21/h6-11,15-16,31H,5,12-14H2,1-4H3/t16-,27-/m1/s1. The number of anilines is 1. The number of carbonyl (C=O) groups excluding carboxylic acids is 3. The number of para-hydroxylation sites is 1. The number of rotatable bonds is 5. The van der Waals surface area contributed by atoms with Crippen molar-refractivity contribution in [3.05, 3.63) is 64.7 Å². The van der Waals surface area contributed by atoms with Gasteiger partial charge in [0.2, 0.25) is 0 Å². The van der Waals surface area contributed by atoms with Crippen LogP contribution in [0.25, 0.3) is 5.76 Å². The second-order valence-electron chi connectivity index (χ2n) is 9.54.